The number of aliphatic hydroxyl groups is 2. The predicted molar refractivity (Wildman–Crippen MR) is 51.8 cm³/mol. The quantitative estimate of drug-likeness (QED) is 0.548. The van der Waals surface area contributed by atoms with E-state index in [4.69, 9.17) is 5.73 Å². The van der Waals surface area contributed by atoms with Gasteiger partial charge in [-0.05, 0) is 6.07 Å². The van der Waals surface area contributed by atoms with Crippen LogP contribution < -0.4 is 5.73 Å². The molecule has 0 atom stereocenters. The van der Waals surface area contributed by atoms with Crippen molar-refractivity contribution in [2.24, 2.45) is 0 Å². The summed E-state index contributed by atoms with van der Waals surface area (Å²) in [5.41, 5.74) is 5.57. The molecule has 76 valence electrons. The Balaban J connectivity index is 2.79. The van der Waals surface area contributed by atoms with Gasteiger partial charge in [-0.2, -0.15) is 0 Å². The molecular weight excluding hydrogens is 198 g/mol. The summed E-state index contributed by atoms with van der Waals surface area (Å²) in [5.74, 6) is -3.52. The van der Waals surface area contributed by atoms with Crippen LogP contribution in [0.5, 0.6) is 0 Å². The van der Waals surface area contributed by atoms with E-state index in [1.165, 1.54) is 18.2 Å². The monoisotopic (exact) mass is 205 g/mol. The molecule has 1 aliphatic carbocycles. The molecule has 0 bridgehead atoms. The largest absolute Gasteiger partial charge is 0.501 e. The van der Waals surface area contributed by atoms with E-state index >= 15 is 0 Å². The Morgan fingerprint density at radius 2 is 1.60 bits per heavy atom. The van der Waals surface area contributed by atoms with Crippen LogP contribution in [0.3, 0.4) is 0 Å². The van der Waals surface area contributed by atoms with Crippen LogP contribution in [0.1, 0.15) is 20.7 Å². The standard InChI is InChI=1S/C10H7NO4/c11-5-3-1-2-4-6(5)8(13)10(15)9(14)7(4)12/h1-3,14-15H,11H2. The van der Waals surface area contributed by atoms with Gasteiger partial charge in [0.25, 0.3) is 0 Å². The van der Waals surface area contributed by atoms with Crippen molar-refractivity contribution in [2.75, 3.05) is 5.73 Å². The number of hydrogen-bond acceptors (Lipinski definition) is 5. The third-order valence-electron chi connectivity index (χ3n) is 2.22. The van der Waals surface area contributed by atoms with Crippen molar-refractivity contribution in [3.05, 3.63) is 40.8 Å². The van der Waals surface area contributed by atoms with Gasteiger partial charge in [0.1, 0.15) is 0 Å². The maximum absolute atomic E-state index is 11.5. The summed E-state index contributed by atoms with van der Waals surface area (Å²) in [5, 5.41) is 18.4. The zero-order valence-electron chi connectivity index (χ0n) is 7.52. The molecule has 0 radical (unpaired) electrons. The average Bonchev–Trinajstić information content (AvgIpc) is 2.23. The molecule has 5 nitrogen and oxygen atoms in total. The molecule has 0 unspecified atom stereocenters. The molecule has 0 aliphatic heterocycles. The fourth-order valence-electron chi connectivity index (χ4n) is 1.47. The molecule has 0 spiro atoms. The minimum atomic E-state index is -0.953. The van der Waals surface area contributed by atoms with E-state index < -0.39 is 23.1 Å². The smallest absolute Gasteiger partial charge is 0.234 e. The van der Waals surface area contributed by atoms with Crippen molar-refractivity contribution in [1.29, 1.82) is 0 Å². The predicted octanol–water partition coefficient (Wildman–Crippen LogP) is 0.975. The summed E-state index contributed by atoms with van der Waals surface area (Å²) in [6.45, 7) is 0. The molecule has 0 saturated heterocycles. The zero-order valence-corrected chi connectivity index (χ0v) is 7.52. The van der Waals surface area contributed by atoms with E-state index in [9.17, 15) is 19.8 Å². The number of rotatable bonds is 0. The summed E-state index contributed by atoms with van der Waals surface area (Å²) in [7, 11) is 0. The Bertz CT molecular complexity index is 516. The van der Waals surface area contributed by atoms with Crippen molar-refractivity contribution >= 4 is 17.3 Å². The van der Waals surface area contributed by atoms with E-state index in [1.54, 1.807) is 0 Å². The van der Waals surface area contributed by atoms with Gasteiger partial charge in [0.05, 0.1) is 5.56 Å². The van der Waals surface area contributed by atoms with Crippen molar-refractivity contribution in [3.63, 3.8) is 0 Å². The number of benzene rings is 1. The van der Waals surface area contributed by atoms with Gasteiger partial charge >= 0.3 is 0 Å². The molecule has 1 aromatic carbocycles. The molecular formula is C10H7NO4. The Hall–Kier alpha value is -2.30. The molecule has 2 rings (SSSR count). The van der Waals surface area contributed by atoms with Gasteiger partial charge < -0.3 is 15.9 Å². The molecule has 0 aromatic heterocycles. The number of fused-ring (bicyclic) bond motifs is 1. The lowest BCUT2D eigenvalue weighted by Gasteiger charge is -2.15. The highest BCUT2D eigenvalue weighted by Gasteiger charge is 2.33. The maximum atomic E-state index is 11.5. The van der Waals surface area contributed by atoms with E-state index in [-0.39, 0.29) is 16.8 Å². The highest BCUT2D eigenvalue weighted by atomic mass is 16.3. The van der Waals surface area contributed by atoms with E-state index in [0.717, 1.165) is 0 Å². The number of anilines is 1. The van der Waals surface area contributed by atoms with Crippen molar-refractivity contribution in [1.82, 2.24) is 0 Å². The normalized spacial score (nSPS) is 15.5. The lowest BCUT2D eigenvalue weighted by molar-refractivity contribution is 0.0881. The molecule has 5 heteroatoms. The second kappa shape index (κ2) is 2.84. The summed E-state index contributed by atoms with van der Waals surface area (Å²) in [6.07, 6.45) is 0. The number of allylic oxidation sites excluding steroid dienone is 2. The van der Waals surface area contributed by atoms with Crippen LogP contribution in [0.25, 0.3) is 0 Å². The Morgan fingerprint density at radius 1 is 1.00 bits per heavy atom. The second-order valence-electron chi connectivity index (χ2n) is 3.13. The molecule has 0 saturated carbocycles. The highest BCUT2D eigenvalue weighted by molar-refractivity contribution is 6.26. The number of ketones is 2. The Morgan fingerprint density at radius 3 is 2.27 bits per heavy atom. The van der Waals surface area contributed by atoms with Crippen molar-refractivity contribution in [3.8, 4) is 0 Å². The number of nitrogens with two attached hydrogens (primary N) is 1. The van der Waals surface area contributed by atoms with Crippen LogP contribution in [-0.2, 0) is 0 Å². The van der Waals surface area contributed by atoms with Crippen LogP contribution in [0.2, 0.25) is 0 Å². The van der Waals surface area contributed by atoms with Gasteiger partial charge in [-0.15, -0.1) is 0 Å². The molecule has 15 heavy (non-hydrogen) atoms. The molecule has 1 aromatic rings. The molecule has 0 fully saturated rings. The van der Waals surface area contributed by atoms with E-state index in [1.807, 2.05) is 0 Å². The van der Waals surface area contributed by atoms with Gasteiger partial charge in [-0.25, -0.2) is 0 Å². The highest BCUT2D eigenvalue weighted by Crippen LogP contribution is 2.27. The van der Waals surface area contributed by atoms with Crippen LogP contribution in [-0.4, -0.2) is 21.8 Å². The lowest BCUT2D eigenvalue weighted by Crippen LogP contribution is -2.23. The molecule has 0 amide bonds. The first-order chi connectivity index (χ1) is 7.04. The number of carbonyl (C=O) groups excluding carboxylic acids is 2. The van der Waals surface area contributed by atoms with Crippen LogP contribution >= 0.6 is 0 Å². The van der Waals surface area contributed by atoms with E-state index in [2.05, 4.69) is 0 Å². The Labute approximate surface area is 84.4 Å². The van der Waals surface area contributed by atoms with Gasteiger partial charge in [0, 0.05) is 11.3 Å². The van der Waals surface area contributed by atoms with Gasteiger partial charge in [-0.1, -0.05) is 12.1 Å². The first kappa shape index (κ1) is 9.26. The number of aliphatic hydroxyl groups excluding tert-OH is 2. The van der Waals surface area contributed by atoms with Crippen molar-refractivity contribution in [2.45, 2.75) is 0 Å². The topological polar surface area (TPSA) is 101 Å². The number of nitrogen functional groups attached to an aromatic ring is 1. The molecule has 1 aliphatic rings. The summed E-state index contributed by atoms with van der Waals surface area (Å²) >= 11 is 0. The Kier molecular flexibility index (Phi) is 1.76. The van der Waals surface area contributed by atoms with Gasteiger partial charge in [0.2, 0.25) is 23.1 Å². The minimum absolute atomic E-state index is 0.00954. The first-order valence-corrected chi connectivity index (χ1v) is 4.14. The zero-order chi connectivity index (χ0) is 11.2. The molecule has 4 N–H and O–H groups in total. The number of carbonyl (C=O) groups is 2. The average molecular weight is 205 g/mol. The number of hydrogen-bond donors (Lipinski definition) is 3. The van der Waals surface area contributed by atoms with Crippen LogP contribution in [0, 0.1) is 0 Å². The van der Waals surface area contributed by atoms with Crippen LogP contribution in [0.4, 0.5) is 5.69 Å². The third-order valence-corrected chi connectivity index (χ3v) is 2.22. The molecule has 0 heterocycles. The second-order valence-corrected chi connectivity index (χ2v) is 3.13. The minimum Gasteiger partial charge on any atom is -0.501 e. The fraction of sp³-hybridized carbons (Fsp3) is 0. The maximum Gasteiger partial charge on any atom is 0.234 e. The van der Waals surface area contributed by atoms with Crippen molar-refractivity contribution < 1.29 is 19.8 Å². The van der Waals surface area contributed by atoms with Gasteiger partial charge in [0.15, 0.2) is 0 Å². The van der Waals surface area contributed by atoms with E-state index in [0.29, 0.717) is 0 Å². The van der Waals surface area contributed by atoms with Gasteiger partial charge in [-0.3, -0.25) is 9.59 Å². The number of Topliss-reactive ketones (excluding diaryl/α,β-unsaturated/α-hetero) is 2. The van der Waals surface area contributed by atoms with Crippen LogP contribution in [0.15, 0.2) is 29.7 Å². The summed E-state index contributed by atoms with van der Waals surface area (Å²) in [6, 6.07) is 4.31. The summed E-state index contributed by atoms with van der Waals surface area (Å²) in [4.78, 5) is 22.9. The SMILES string of the molecule is Nc1cccc2c1C(=O)C(O)=C(O)C2=O. The first-order valence-electron chi connectivity index (χ1n) is 4.14. The summed E-state index contributed by atoms with van der Waals surface area (Å²) < 4.78 is 0. The lowest BCUT2D eigenvalue weighted by atomic mass is 9.91. The fourth-order valence-corrected chi connectivity index (χ4v) is 1.47. The third kappa shape index (κ3) is 1.10.